The first kappa shape index (κ1) is 17.9. The molecule has 0 aliphatic heterocycles. The maximum absolute atomic E-state index is 12.1. The molecule has 0 saturated heterocycles. The fraction of sp³-hybridized carbons (Fsp3) is 0.263. The summed E-state index contributed by atoms with van der Waals surface area (Å²) in [6.45, 7) is 3.99. The maximum atomic E-state index is 12.1. The molecule has 0 radical (unpaired) electrons. The molecule has 1 atom stereocenters. The Morgan fingerprint density at radius 3 is 2.54 bits per heavy atom. The van der Waals surface area contributed by atoms with Crippen molar-refractivity contribution >= 4 is 17.7 Å². The third-order valence-electron chi connectivity index (χ3n) is 3.49. The highest BCUT2D eigenvalue weighted by Gasteiger charge is 2.26. The first-order valence-corrected chi connectivity index (χ1v) is 8.40. The monoisotopic (exact) mass is 341 g/mol. The number of hydrogen-bond donors (Lipinski definition) is 0. The summed E-state index contributed by atoms with van der Waals surface area (Å²) in [6, 6.07) is 15.5. The van der Waals surface area contributed by atoms with Crippen molar-refractivity contribution in [1.82, 2.24) is 0 Å². The van der Waals surface area contributed by atoms with Gasteiger partial charge in [0.25, 0.3) is 0 Å². The second kappa shape index (κ2) is 8.42. The fourth-order valence-corrected chi connectivity index (χ4v) is 3.38. The molecule has 124 valence electrons. The number of nitriles is 1. The Balaban J connectivity index is 2.43. The predicted molar refractivity (Wildman–Crippen MR) is 93.3 cm³/mol. The second-order valence-corrected chi connectivity index (χ2v) is 6.14. The van der Waals surface area contributed by atoms with Gasteiger partial charge >= 0.3 is 5.97 Å². The third-order valence-corrected chi connectivity index (χ3v) is 4.71. The minimum Gasteiger partial charge on any atom is -0.495 e. The molecular weight excluding hydrogens is 322 g/mol. The smallest absolute Gasteiger partial charge is 0.328 e. The van der Waals surface area contributed by atoms with Crippen LogP contribution in [0.5, 0.6) is 5.75 Å². The maximum Gasteiger partial charge on any atom is 0.328 e. The molecule has 0 N–H and O–H groups in total. The van der Waals surface area contributed by atoms with Crippen molar-refractivity contribution in [2.75, 3.05) is 13.7 Å². The molecule has 0 spiro atoms. The van der Waals surface area contributed by atoms with Crippen molar-refractivity contribution in [3.63, 3.8) is 0 Å². The summed E-state index contributed by atoms with van der Waals surface area (Å²) in [5.74, 6) is -1.03. The Bertz CT molecular complexity index is 767. The number of nitrogens with zero attached hydrogens (tertiary/aromatic N) is 1. The van der Waals surface area contributed by atoms with Gasteiger partial charge in [0, 0.05) is 10.5 Å². The molecule has 0 aliphatic rings. The average molecular weight is 341 g/mol. The van der Waals surface area contributed by atoms with Gasteiger partial charge in [-0.25, -0.2) is 0 Å². The Labute approximate surface area is 146 Å². The molecule has 0 saturated carbocycles. The van der Waals surface area contributed by atoms with Gasteiger partial charge in [-0.05, 0) is 31.5 Å². The first-order valence-electron chi connectivity index (χ1n) is 7.59. The van der Waals surface area contributed by atoms with Crippen molar-refractivity contribution < 1.29 is 14.3 Å². The lowest BCUT2D eigenvalue weighted by Crippen LogP contribution is -2.15. The largest absolute Gasteiger partial charge is 0.495 e. The highest BCUT2D eigenvalue weighted by Crippen LogP contribution is 2.40. The number of esters is 1. The number of hydrogen-bond acceptors (Lipinski definition) is 5. The number of aryl methyl sites for hydroxylation is 1. The SMILES string of the molecule is CCOC(=O)C(C#N)c1cccc(Sc2ccccc2C)c1OC. The van der Waals surface area contributed by atoms with Crippen LogP contribution in [0.25, 0.3) is 0 Å². The molecule has 2 rings (SSSR count). The number of carbonyl (C=O) groups is 1. The van der Waals surface area contributed by atoms with E-state index >= 15 is 0 Å². The molecule has 24 heavy (non-hydrogen) atoms. The van der Waals surface area contributed by atoms with Crippen molar-refractivity contribution in [1.29, 1.82) is 5.26 Å². The van der Waals surface area contributed by atoms with E-state index in [-0.39, 0.29) is 6.61 Å². The number of methoxy groups -OCH3 is 1. The second-order valence-electron chi connectivity index (χ2n) is 5.06. The Kier molecular flexibility index (Phi) is 6.28. The number of ether oxygens (including phenoxy) is 2. The fourth-order valence-electron chi connectivity index (χ4n) is 2.32. The molecule has 0 fully saturated rings. The van der Waals surface area contributed by atoms with E-state index in [0.29, 0.717) is 11.3 Å². The topological polar surface area (TPSA) is 59.3 Å². The molecule has 0 heterocycles. The molecule has 5 heteroatoms. The van der Waals surface area contributed by atoms with Crippen LogP contribution in [-0.4, -0.2) is 19.7 Å². The Morgan fingerprint density at radius 1 is 1.21 bits per heavy atom. The van der Waals surface area contributed by atoms with Gasteiger partial charge in [-0.2, -0.15) is 5.26 Å². The molecule has 0 aliphatic carbocycles. The standard InChI is InChI=1S/C19H19NO3S/c1-4-23-19(21)15(12-20)14-9-7-11-17(18(14)22-3)24-16-10-6-5-8-13(16)2/h5-11,15H,4H2,1-3H3. The van der Waals surface area contributed by atoms with Crippen LogP contribution in [-0.2, 0) is 9.53 Å². The summed E-state index contributed by atoms with van der Waals surface area (Å²) in [6.07, 6.45) is 0. The predicted octanol–water partition coefficient (Wildman–Crippen LogP) is 4.33. The van der Waals surface area contributed by atoms with Crippen LogP contribution in [0.15, 0.2) is 52.3 Å². The summed E-state index contributed by atoms with van der Waals surface area (Å²) < 4.78 is 10.5. The van der Waals surface area contributed by atoms with Crippen molar-refractivity contribution in [3.05, 3.63) is 53.6 Å². The van der Waals surface area contributed by atoms with E-state index in [1.54, 1.807) is 31.9 Å². The van der Waals surface area contributed by atoms with Gasteiger partial charge in [0.2, 0.25) is 0 Å². The van der Waals surface area contributed by atoms with Crippen LogP contribution in [0.3, 0.4) is 0 Å². The molecule has 1 unspecified atom stereocenters. The van der Waals surface area contributed by atoms with E-state index in [1.807, 2.05) is 49.4 Å². The summed E-state index contributed by atoms with van der Waals surface area (Å²) in [5.41, 5.74) is 1.68. The number of carbonyl (C=O) groups excluding carboxylic acids is 1. The number of rotatable bonds is 6. The Morgan fingerprint density at radius 2 is 1.92 bits per heavy atom. The van der Waals surface area contributed by atoms with E-state index in [1.165, 1.54) is 0 Å². The molecule has 0 aromatic heterocycles. The van der Waals surface area contributed by atoms with Gasteiger partial charge < -0.3 is 9.47 Å². The zero-order valence-electron chi connectivity index (χ0n) is 13.9. The van der Waals surface area contributed by atoms with Gasteiger partial charge in [0.15, 0.2) is 5.92 Å². The lowest BCUT2D eigenvalue weighted by molar-refractivity contribution is -0.143. The van der Waals surface area contributed by atoms with E-state index in [0.717, 1.165) is 15.4 Å². The lowest BCUT2D eigenvalue weighted by atomic mass is 10.00. The van der Waals surface area contributed by atoms with Crippen LogP contribution in [0, 0.1) is 18.3 Å². The molecule has 2 aromatic carbocycles. The van der Waals surface area contributed by atoms with Gasteiger partial charge in [-0.15, -0.1) is 0 Å². The van der Waals surface area contributed by atoms with Crippen molar-refractivity contribution in [2.45, 2.75) is 29.6 Å². The average Bonchev–Trinajstić information content (AvgIpc) is 2.58. The highest BCUT2D eigenvalue weighted by atomic mass is 32.2. The molecule has 4 nitrogen and oxygen atoms in total. The molecule has 2 aromatic rings. The van der Waals surface area contributed by atoms with Gasteiger partial charge in [0.1, 0.15) is 5.75 Å². The summed E-state index contributed by atoms with van der Waals surface area (Å²) >= 11 is 1.55. The van der Waals surface area contributed by atoms with Crippen molar-refractivity contribution in [2.24, 2.45) is 0 Å². The van der Waals surface area contributed by atoms with Crippen LogP contribution in [0.2, 0.25) is 0 Å². The zero-order valence-corrected chi connectivity index (χ0v) is 14.7. The van der Waals surface area contributed by atoms with Crippen LogP contribution < -0.4 is 4.74 Å². The minimum absolute atomic E-state index is 0.233. The number of benzene rings is 2. The molecular formula is C19H19NO3S. The molecule has 0 amide bonds. The summed E-state index contributed by atoms with van der Waals surface area (Å²) in [5, 5.41) is 9.41. The van der Waals surface area contributed by atoms with Gasteiger partial charge in [-0.1, -0.05) is 42.1 Å². The van der Waals surface area contributed by atoms with E-state index in [4.69, 9.17) is 9.47 Å². The van der Waals surface area contributed by atoms with E-state index < -0.39 is 11.9 Å². The minimum atomic E-state index is -1.00. The highest BCUT2D eigenvalue weighted by molar-refractivity contribution is 7.99. The van der Waals surface area contributed by atoms with E-state index in [2.05, 4.69) is 0 Å². The van der Waals surface area contributed by atoms with E-state index in [9.17, 15) is 10.1 Å². The Hall–Kier alpha value is -2.45. The van der Waals surface area contributed by atoms with Gasteiger partial charge in [0.05, 0.1) is 24.7 Å². The molecule has 0 bridgehead atoms. The summed E-state index contributed by atoms with van der Waals surface area (Å²) in [7, 11) is 1.54. The van der Waals surface area contributed by atoms with Crippen LogP contribution in [0.1, 0.15) is 24.0 Å². The lowest BCUT2D eigenvalue weighted by Gasteiger charge is -2.16. The first-order chi connectivity index (χ1) is 11.6. The van der Waals surface area contributed by atoms with Crippen molar-refractivity contribution in [3.8, 4) is 11.8 Å². The van der Waals surface area contributed by atoms with Crippen LogP contribution in [0.4, 0.5) is 0 Å². The van der Waals surface area contributed by atoms with Crippen LogP contribution >= 0.6 is 11.8 Å². The quantitative estimate of drug-likeness (QED) is 0.732. The normalized spacial score (nSPS) is 11.4. The number of para-hydroxylation sites is 1. The third kappa shape index (κ3) is 3.90. The zero-order chi connectivity index (χ0) is 17.5. The van der Waals surface area contributed by atoms with Gasteiger partial charge in [-0.3, -0.25) is 4.79 Å². The summed E-state index contributed by atoms with van der Waals surface area (Å²) in [4.78, 5) is 14.0.